The summed E-state index contributed by atoms with van der Waals surface area (Å²) in [5.74, 6) is -3.40. The fraction of sp³-hybridized carbons (Fsp3) is 0.296. The maximum atomic E-state index is 13.4. The van der Waals surface area contributed by atoms with Crippen molar-refractivity contribution >= 4 is 34.4 Å². The van der Waals surface area contributed by atoms with Gasteiger partial charge >= 0.3 is 18.1 Å². The molecule has 11 nitrogen and oxygen atoms in total. The number of hydrogen-bond acceptors (Lipinski definition) is 8. The van der Waals surface area contributed by atoms with Crippen LogP contribution in [0.5, 0.6) is 17.2 Å². The number of nitrogens with zero attached hydrogens (tertiary/aromatic N) is 2. The molecule has 1 aliphatic rings. The molecule has 41 heavy (non-hydrogen) atoms. The van der Waals surface area contributed by atoms with Gasteiger partial charge in [-0.25, -0.2) is 9.59 Å². The molecular weight excluding hydrogens is 553 g/mol. The molecule has 0 radical (unpaired) electrons. The predicted octanol–water partition coefficient (Wildman–Crippen LogP) is 3.82. The van der Waals surface area contributed by atoms with E-state index in [0.29, 0.717) is 28.0 Å². The SMILES string of the molecule is COc1cc2c(C(=O)O)cnc(C(=O)c3cccc(OCC(=O)N4CCCC4)c3)c2cc1OC.O=C(O)C(F)(F)F. The van der Waals surface area contributed by atoms with Gasteiger partial charge in [0.25, 0.3) is 5.91 Å². The fourth-order valence-corrected chi connectivity index (χ4v) is 3.98. The van der Waals surface area contributed by atoms with E-state index in [1.54, 1.807) is 29.2 Å². The summed E-state index contributed by atoms with van der Waals surface area (Å²) in [6.45, 7) is 1.36. The van der Waals surface area contributed by atoms with Crippen LogP contribution in [0.25, 0.3) is 10.8 Å². The van der Waals surface area contributed by atoms with Crippen LogP contribution in [0.2, 0.25) is 0 Å². The van der Waals surface area contributed by atoms with Gasteiger partial charge in [-0.05, 0) is 37.1 Å². The Balaban J connectivity index is 0.000000587. The molecule has 0 bridgehead atoms. The summed E-state index contributed by atoms with van der Waals surface area (Å²) < 4.78 is 48.0. The van der Waals surface area contributed by atoms with Gasteiger partial charge in [0.2, 0.25) is 5.78 Å². The second-order valence-corrected chi connectivity index (χ2v) is 8.61. The monoisotopic (exact) mass is 578 g/mol. The highest BCUT2D eigenvalue weighted by Crippen LogP contribution is 2.35. The molecule has 1 aliphatic heterocycles. The minimum absolute atomic E-state index is 0.0613. The molecule has 1 saturated heterocycles. The van der Waals surface area contributed by atoms with E-state index in [-0.39, 0.29) is 29.3 Å². The second kappa shape index (κ2) is 13.0. The topological polar surface area (TPSA) is 153 Å². The Morgan fingerprint density at radius 1 is 0.951 bits per heavy atom. The van der Waals surface area contributed by atoms with Crippen LogP contribution in [0, 0.1) is 0 Å². The zero-order valence-electron chi connectivity index (χ0n) is 21.9. The number of fused-ring (bicyclic) bond motifs is 1. The van der Waals surface area contributed by atoms with Gasteiger partial charge in [0, 0.05) is 35.6 Å². The van der Waals surface area contributed by atoms with Gasteiger partial charge < -0.3 is 29.3 Å². The van der Waals surface area contributed by atoms with Crippen molar-refractivity contribution in [1.29, 1.82) is 0 Å². The summed E-state index contributed by atoms with van der Waals surface area (Å²) in [5.41, 5.74) is 0.286. The standard InChI is InChI=1S/C25H24N2O7.C2HF3O2/c1-32-20-11-17-18(12-21(20)33-2)23(26-13-19(17)25(30)31)24(29)15-6-5-7-16(10-15)34-14-22(28)27-8-3-4-9-27;3-2(4,5)1(6)7/h5-7,10-13H,3-4,8-9,14H2,1-2H3,(H,30,31);(H,6,7). The number of halogens is 3. The van der Waals surface area contributed by atoms with E-state index in [9.17, 15) is 32.7 Å². The summed E-state index contributed by atoms with van der Waals surface area (Å²) in [4.78, 5) is 52.2. The number of methoxy groups -OCH3 is 2. The van der Waals surface area contributed by atoms with Crippen LogP contribution in [0.1, 0.15) is 39.3 Å². The summed E-state index contributed by atoms with van der Waals surface area (Å²) in [6.07, 6.45) is -1.94. The Morgan fingerprint density at radius 3 is 2.07 bits per heavy atom. The van der Waals surface area contributed by atoms with Crippen LogP contribution >= 0.6 is 0 Å². The number of pyridine rings is 1. The van der Waals surface area contributed by atoms with Crippen molar-refractivity contribution in [1.82, 2.24) is 9.88 Å². The van der Waals surface area contributed by atoms with E-state index in [1.807, 2.05) is 0 Å². The van der Waals surface area contributed by atoms with Crippen LogP contribution in [-0.2, 0) is 9.59 Å². The Labute approximate surface area is 231 Å². The molecule has 0 saturated carbocycles. The van der Waals surface area contributed by atoms with E-state index >= 15 is 0 Å². The Kier molecular flexibility index (Phi) is 9.71. The van der Waals surface area contributed by atoms with Crippen molar-refractivity contribution in [2.24, 2.45) is 0 Å². The maximum absolute atomic E-state index is 13.4. The lowest BCUT2D eigenvalue weighted by molar-refractivity contribution is -0.192. The lowest BCUT2D eigenvalue weighted by Gasteiger charge is -2.16. The normalized spacial score (nSPS) is 12.8. The van der Waals surface area contributed by atoms with Crippen molar-refractivity contribution in [3.63, 3.8) is 0 Å². The largest absolute Gasteiger partial charge is 0.493 e. The van der Waals surface area contributed by atoms with Crippen LogP contribution in [-0.4, -0.2) is 83.8 Å². The molecule has 0 spiro atoms. The number of alkyl halides is 3. The molecule has 218 valence electrons. The molecule has 1 amide bonds. The van der Waals surface area contributed by atoms with E-state index < -0.39 is 23.9 Å². The highest BCUT2D eigenvalue weighted by atomic mass is 19.4. The number of hydrogen-bond donors (Lipinski definition) is 2. The lowest BCUT2D eigenvalue weighted by Crippen LogP contribution is -2.32. The van der Waals surface area contributed by atoms with Crippen molar-refractivity contribution in [3.05, 3.63) is 59.4 Å². The first kappa shape index (κ1) is 30.7. The summed E-state index contributed by atoms with van der Waals surface area (Å²) in [6, 6.07) is 9.52. The van der Waals surface area contributed by atoms with Crippen molar-refractivity contribution < 1.29 is 56.8 Å². The number of aromatic nitrogens is 1. The number of benzene rings is 2. The summed E-state index contributed by atoms with van der Waals surface area (Å²) in [5, 5.41) is 17.3. The highest BCUT2D eigenvalue weighted by molar-refractivity contribution is 6.18. The zero-order chi connectivity index (χ0) is 30.3. The van der Waals surface area contributed by atoms with Crippen molar-refractivity contribution in [2.45, 2.75) is 19.0 Å². The van der Waals surface area contributed by atoms with E-state index in [1.165, 1.54) is 26.4 Å². The third-order valence-electron chi connectivity index (χ3n) is 6.00. The Hall–Kier alpha value is -4.88. The van der Waals surface area contributed by atoms with Gasteiger partial charge in [0.15, 0.2) is 18.1 Å². The first-order chi connectivity index (χ1) is 19.4. The molecule has 0 aliphatic carbocycles. The van der Waals surface area contributed by atoms with Crippen LogP contribution in [0.15, 0.2) is 42.6 Å². The average molecular weight is 578 g/mol. The quantitative estimate of drug-likeness (QED) is 0.377. The molecule has 3 aromatic rings. The molecule has 1 fully saturated rings. The second-order valence-electron chi connectivity index (χ2n) is 8.61. The number of ketones is 1. The van der Waals surface area contributed by atoms with Gasteiger partial charge in [-0.1, -0.05) is 12.1 Å². The third kappa shape index (κ3) is 7.41. The number of aliphatic carboxylic acids is 1. The third-order valence-corrected chi connectivity index (χ3v) is 6.00. The molecular formula is C27H25F3N2O9. The molecule has 0 atom stereocenters. The number of aromatic carboxylic acids is 1. The average Bonchev–Trinajstić information content (AvgIpc) is 3.49. The number of rotatable bonds is 8. The van der Waals surface area contributed by atoms with Crippen LogP contribution in [0.4, 0.5) is 13.2 Å². The number of carbonyl (C=O) groups is 4. The number of carboxylic acid groups (broad SMARTS) is 2. The highest BCUT2D eigenvalue weighted by Gasteiger charge is 2.38. The maximum Gasteiger partial charge on any atom is 0.490 e. The summed E-state index contributed by atoms with van der Waals surface area (Å²) in [7, 11) is 2.89. The number of carboxylic acids is 2. The van der Waals surface area contributed by atoms with Gasteiger partial charge in [0.05, 0.1) is 19.8 Å². The molecule has 2 heterocycles. The molecule has 2 aromatic carbocycles. The minimum Gasteiger partial charge on any atom is -0.493 e. The molecule has 2 N–H and O–H groups in total. The molecule has 14 heteroatoms. The molecule has 4 rings (SSSR count). The Morgan fingerprint density at radius 2 is 1.54 bits per heavy atom. The van der Waals surface area contributed by atoms with E-state index in [0.717, 1.165) is 32.1 Å². The van der Waals surface area contributed by atoms with Crippen LogP contribution < -0.4 is 14.2 Å². The number of ether oxygens (including phenoxy) is 3. The smallest absolute Gasteiger partial charge is 0.490 e. The van der Waals surface area contributed by atoms with Gasteiger partial charge in [-0.2, -0.15) is 13.2 Å². The van der Waals surface area contributed by atoms with E-state index in [2.05, 4.69) is 4.98 Å². The van der Waals surface area contributed by atoms with Crippen molar-refractivity contribution in [3.8, 4) is 17.2 Å². The number of amides is 1. The summed E-state index contributed by atoms with van der Waals surface area (Å²) >= 11 is 0. The predicted molar refractivity (Wildman–Crippen MR) is 137 cm³/mol. The number of likely N-dealkylation sites (tertiary alicyclic amines) is 1. The minimum atomic E-state index is -5.08. The van der Waals surface area contributed by atoms with E-state index in [4.69, 9.17) is 24.1 Å². The van der Waals surface area contributed by atoms with Gasteiger partial charge in [-0.15, -0.1) is 0 Å². The number of carbonyl (C=O) groups excluding carboxylic acids is 2. The van der Waals surface area contributed by atoms with Gasteiger partial charge in [0.1, 0.15) is 11.4 Å². The first-order valence-corrected chi connectivity index (χ1v) is 12.0. The van der Waals surface area contributed by atoms with Crippen LogP contribution in [0.3, 0.4) is 0 Å². The van der Waals surface area contributed by atoms with Gasteiger partial charge in [-0.3, -0.25) is 14.6 Å². The first-order valence-electron chi connectivity index (χ1n) is 12.0. The fourth-order valence-electron chi connectivity index (χ4n) is 3.98. The lowest BCUT2D eigenvalue weighted by atomic mass is 9.99. The van der Waals surface area contributed by atoms with Crippen molar-refractivity contribution in [2.75, 3.05) is 33.9 Å². The Bertz CT molecular complexity index is 1470. The molecule has 1 aromatic heterocycles. The molecule has 0 unspecified atom stereocenters. The zero-order valence-corrected chi connectivity index (χ0v) is 21.9.